The number of carboxylic acids is 1. The Kier molecular flexibility index (Phi) is 5.61. The number of carbonyl (C=O) groups is 2. The fraction of sp³-hybridized carbons (Fsp3) is 0.304. The molecule has 2 heterocycles. The molecule has 7 nitrogen and oxygen atoms in total. The molecule has 1 saturated heterocycles. The topological polar surface area (TPSA) is 92.5 Å². The molecule has 1 aliphatic rings. The highest BCUT2D eigenvalue weighted by Gasteiger charge is 2.26. The molecule has 0 bridgehead atoms. The number of rotatable bonds is 6. The zero-order valence-corrected chi connectivity index (χ0v) is 16.5. The molecule has 2 aromatic carbocycles. The average Bonchev–Trinajstić information content (AvgIpc) is 3.22. The van der Waals surface area contributed by atoms with Crippen LogP contribution < -0.4 is 5.56 Å². The van der Waals surface area contributed by atoms with Crippen LogP contribution in [0.15, 0.2) is 59.7 Å². The van der Waals surface area contributed by atoms with Crippen LogP contribution in [-0.4, -0.2) is 44.5 Å². The van der Waals surface area contributed by atoms with E-state index in [2.05, 4.69) is 4.98 Å². The minimum absolute atomic E-state index is 0.0405. The number of hydrogen-bond donors (Lipinski definition) is 1. The number of hydrogen-bond acceptors (Lipinski definition) is 4. The van der Waals surface area contributed by atoms with Gasteiger partial charge in [0.2, 0.25) is 5.91 Å². The van der Waals surface area contributed by atoms with Crippen LogP contribution in [-0.2, 0) is 17.8 Å². The van der Waals surface area contributed by atoms with Gasteiger partial charge in [-0.05, 0) is 48.6 Å². The number of nitrogens with zero attached hydrogens (tertiary/aromatic N) is 3. The van der Waals surface area contributed by atoms with E-state index in [0.717, 1.165) is 18.4 Å². The van der Waals surface area contributed by atoms with Crippen LogP contribution in [0.5, 0.6) is 0 Å². The summed E-state index contributed by atoms with van der Waals surface area (Å²) < 4.78 is 1.50. The lowest BCUT2D eigenvalue weighted by atomic mass is 9.98. The monoisotopic (exact) mass is 405 g/mol. The van der Waals surface area contributed by atoms with Gasteiger partial charge in [0.1, 0.15) is 0 Å². The van der Waals surface area contributed by atoms with E-state index in [9.17, 15) is 14.4 Å². The second-order valence-electron chi connectivity index (χ2n) is 7.71. The van der Waals surface area contributed by atoms with E-state index < -0.39 is 5.97 Å². The Balaban J connectivity index is 1.32. The van der Waals surface area contributed by atoms with Gasteiger partial charge in [0.05, 0.1) is 22.8 Å². The summed E-state index contributed by atoms with van der Waals surface area (Å²) in [6, 6.07) is 14.1. The highest BCUT2D eigenvalue weighted by Crippen LogP contribution is 2.22. The second kappa shape index (κ2) is 8.49. The molecule has 1 aliphatic heterocycles. The number of aromatic nitrogens is 2. The van der Waals surface area contributed by atoms with Gasteiger partial charge in [-0.1, -0.05) is 24.3 Å². The Hall–Kier alpha value is -3.48. The quantitative estimate of drug-likeness (QED) is 0.680. The van der Waals surface area contributed by atoms with E-state index in [4.69, 9.17) is 5.11 Å². The van der Waals surface area contributed by atoms with Gasteiger partial charge in [-0.15, -0.1) is 0 Å². The molecule has 3 aromatic rings. The molecule has 0 spiro atoms. The number of aryl methyl sites for hydroxylation is 1. The molecule has 1 amide bonds. The minimum Gasteiger partial charge on any atom is -0.478 e. The van der Waals surface area contributed by atoms with E-state index in [0.29, 0.717) is 36.5 Å². The Labute approximate surface area is 173 Å². The maximum atomic E-state index is 12.6. The molecular weight excluding hydrogens is 382 g/mol. The molecule has 1 atom stereocenters. The van der Waals surface area contributed by atoms with Gasteiger partial charge >= 0.3 is 5.97 Å². The molecule has 1 N–H and O–H groups in total. The van der Waals surface area contributed by atoms with Crippen LogP contribution in [0.3, 0.4) is 0 Å². The van der Waals surface area contributed by atoms with Crippen LogP contribution in [0, 0.1) is 5.92 Å². The van der Waals surface area contributed by atoms with Gasteiger partial charge in [0, 0.05) is 26.1 Å². The highest BCUT2D eigenvalue weighted by atomic mass is 16.4. The third-order valence-corrected chi connectivity index (χ3v) is 5.66. The number of fused-ring (bicyclic) bond motifs is 1. The van der Waals surface area contributed by atoms with E-state index in [1.165, 1.54) is 10.9 Å². The van der Waals surface area contributed by atoms with E-state index in [1.54, 1.807) is 30.3 Å². The van der Waals surface area contributed by atoms with E-state index in [-0.39, 0.29) is 23.5 Å². The fourth-order valence-corrected chi connectivity index (χ4v) is 3.98. The highest BCUT2D eigenvalue weighted by molar-refractivity contribution is 5.87. The van der Waals surface area contributed by atoms with Crippen molar-refractivity contribution in [3.05, 3.63) is 76.3 Å². The molecule has 0 aliphatic carbocycles. The number of likely N-dealkylation sites (tertiary alicyclic amines) is 1. The van der Waals surface area contributed by atoms with Gasteiger partial charge in [-0.3, -0.25) is 14.2 Å². The Bertz CT molecular complexity index is 1140. The lowest BCUT2D eigenvalue weighted by Crippen LogP contribution is -2.31. The Morgan fingerprint density at radius 1 is 1.10 bits per heavy atom. The molecule has 1 unspecified atom stereocenters. The SMILES string of the molecule is O=C(O)c1ccc(CC2CCN(C(=O)CCn3cnc4ccccc4c3=O)C2)cc1. The maximum Gasteiger partial charge on any atom is 0.335 e. The summed E-state index contributed by atoms with van der Waals surface area (Å²) in [6.45, 7) is 1.71. The zero-order valence-electron chi connectivity index (χ0n) is 16.5. The first-order chi connectivity index (χ1) is 14.5. The Morgan fingerprint density at radius 3 is 2.63 bits per heavy atom. The molecule has 154 valence electrons. The first-order valence-electron chi connectivity index (χ1n) is 10.1. The molecule has 30 heavy (non-hydrogen) atoms. The lowest BCUT2D eigenvalue weighted by Gasteiger charge is -2.17. The van der Waals surface area contributed by atoms with Crippen molar-refractivity contribution in [1.82, 2.24) is 14.5 Å². The molecule has 4 rings (SSSR count). The number of aromatic carboxylic acids is 1. The summed E-state index contributed by atoms with van der Waals surface area (Å²) >= 11 is 0. The molecule has 0 saturated carbocycles. The summed E-state index contributed by atoms with van der Waals surface area (Å²) in [6.07, 6.45) is 3.51. The van der Waals surface area contributed by atoms with Crippen molar-refractivity contribution in [2.24, 2.45) is 5.92 Å². The van der Waals surface area contributed by atoms with Crippen molar-refractivity contribution in [3.63, 3.8) is 0 Å². The van der Waals surface area contributed by atoms with Crippen molar-refractivity contribution in [1.29, 1.82) is 0 Å². The van der Waals surface area contributed by atoms with Gasteiger partial charge in [-0.2, -0.15) is 0 Å². The predicted octanol–water partition coefficient (Wildman–Crippen LogP) is 2.58. The smallest absolute Gasteiger partial charge is 0.335 e. The number of para-hydroxylation sites is 1. The predicted molar refractivity (Wildman–Crippen MR) is 112 cm³/mol. The Morgan fingerprint density at radius 2 is 1.87 bits per heavy atom. The van der Waals surface area contributed by atoms with E-state index >= 15 is 0 Å². The molecule has 1 fully saturated rings. The summed E-state index contributed by atoms with van der Waals surface area (Å²) in [5, 5.41) is 9.55. The van der Waals surface area contributed by atoms with Crippen LogP contribution in [0.25, 0.3) is 10.9 Å². The van der Waals surface area contributed by atoms with Gasteiger partial charge < -0.3 is 10.0 Å². The fourth-order valence-electron chi connectivity index (χ4n) is 3.98. The van der Waals surface area contributed by atoms with Crippen molar-refractivity contribution in [2.45, 2.75) is 25.8 Å². The largest absolute Gasteiger partial charge is 0.478 e. The third kappa shape index (κ3) is 4.25. The van der Waals surface area contributed by atoms with Crippen molar-refractivity contribution < 1.29 is 14.7 Å². The summed E-state index contributed by atoms with van der Waals surface area (Å²) in [7, 11) is 0. The molecule has 0 radical (unpaired) electrons. The average molecular weight is 405 g/mol. The maximum absolute atomic E-state index is 12.6. The summed E-state index contributed by atoms with van der Waals surface area (Å²) in [4.78, 5) is 42.3. The van der Waals surface area contributed by atoms with Crippen LogP contribution >= 0.6 is 0 Å². The minimum atomic E-state index is -0.931. The van der Waals surface area contributed by atoms with E-state index in [1.807, 2.05) is 23.1 Å². The van der Waals surface area contributed by atoms with Crippen molar-refractivity contribution in [2.75, 3.05) is 13.1 Å². The molecular formula is C23H23N3O4. The standard InChI is InChI=1S/C23H23N3O4/c27-21(10-12-26-15-24-20-4-2-1-3-19(20)22(26)28)25-11-9-17(14-25)13-16-5-7-18(8-6-16)23(29)30/h1-8,15,17H,9-14H2,(H,29,30). The number of carboxylic acid groups (broad SMARTS) is 1. The summed E-state index contributed by atoms with van der Waals surface area (Å²) in [5.74, 6) is -0.534. The first-order valence-corrected chi connectivity index (χ1v) is 10.1. The van der Waals surface area contributed by atoms with Crippen LogP contribution in [0.1, 0.15) is 28.8 Å². The van der Waals surface area contributed by atoms with Crippen LogP contribution in [0.2, 0.25) is 0 Å². The van der Waals surface area contributed by atoms with Gasteiger partial charge in [0.15, 0.2) is 0 Å². The third-order valence-electron chi connectivity index (χ3n) is 5.66. The number of carbonyl (C=O) groups excluding carboxylic acids is 1. The zero-order chi connectivity index (χ0) is 21.1. The molecule has 1 aromatic heterocycles. The summed E-state index contributed by atoms with van der Waals surface area (Å²) in [5.41, 5.74) is 1.88. The van der Waals surface area contributed by atoms with Crippen molar-refractivity contribution in [3.8, 4) is 0 Å². The van der Waals surface area contributed by atoms with Crippen LogP contribution in [0.4, 0.5) is 0 Å². The van der Waals surface area contributed by atoms with Crippen molar-refractivity contribution >= 4 is 22.8 Å². The normalized spacial score (nSPS) is 16.1. The number of amides is 1. The lowest BCUT2D eigenvalue weighted by molar-refractivity contribution is -0.130. The number of benzene rings is 2. The first kappa shape index (κ1) is 19.8. The second-order valence-corrected chi connectivity index (χ2v) is 7.71. The van der Waals surface area contributed by atoms with Gasteiger partial charge in [-0.25, -0.2) is 9.78 Å². The molecule has 7 heteroatoms. The van der Waals surface area contributed by atoms with Gasteiger partial charge in [0.25, 0.3) is 5.56 Å².